The molecule has 92 valence electrons. The maximum absolute atomic E-state index is 10.8. The van der Waals surface area contributed by atoms with Crippen LogP contribution in [0.25, 0.3) is 11.3 Å². The molecule has 1 aliphatic rings. The lowest BCUT2D eigenvalue weighted by Gasteiger charge is -2.17. The number of nitrogens with zero attached hydrogens (tertiary/aromatic N) is 1. The molecule has 0 aliphatic carbocycles. The number of rotatable bonds is 2. The second-order valence-corrected chi connectivity index (χ2v) is 5.25. The first-order valence-corrected chi connectivity index (χ1v) is 6.69. The molecule has 1 aromatic carbocycles. The van der Waals surface area contributed by atoms with Gasteiger partial charge in [-0.1, -0.05) is 17.3 Å². The maximum Gasteiger partial charge on any atom is 0.358 e. The fraction of sp³-hybridized carbons (Fsp3) is 0.231. The number of fused-ring (bicyclic) bond motifs is 1. The number of aromatic carboxylic acids is 1. The van der Waals surface area contributed by atoms with E-state index in [1.54, 1.807) is 0 Å². The van der Waals surface area contributed by atoms with Crippen molar-refractivity contribution in [2.75, 3.05) is 5.75 Å². The number of carbonyl (C=O) groups is 1. The van der Waals surface area contributed by atoms with E-state index in [4.69, 9.17) is 9.63 Å². The van der Waals surface area contributed by atoms with Gasteiger partial charge in [-0.15, -0.1) is 11.8 Å². The first-order chi connectivity index (χ1) is 8.75. The molecule has 1 aliphatic heterocycles. The Morgan fingerprint density at radius 3 is 3.11 bits per heavy atom. The van der Waals surface area contributed by atoms with Crippen LogP contribution < -0.4 is 0 Å². The summed E-state index contributed by atoms with van der Waals surface area (Å²) >= 11 is 1.83. The Labute approximate surface area is 108 Å². The summed E-state index contributed by atoms with van der Waals surface area (Å²) in [6.07, 6.45) is 2.14. The summed E-state index contributed by atoms with van der Waals surface area (Å²) in [6.45, 7) is 0. The van der Waals surface area contributed by atoms with Gasteiger partial charge in [-0.2, -0.15) is 0 Å². The van der Waals surface area contributed by atoms with Crippen molar-refractivity contribution < 1.29 is 14.4 Å². The van der Waals surface area contributed by atoms with Gasteiger partial charge in [0.05, 0.1) is 0 Å². The number of benzene rings is 1. The Kier molecular flexibility index (Phi) is 2.83. The Balaban J connectivity index is 2.08. The van der Waals surface area contributed by atoms with Crippen molar-refractivity contribution in [3.05, 3.63) is 35.5 Å². The van der Waals surface area contributed by atoms with E-state index in [1.165, 1.54) is 16.5 Å². The molecule has 1 aromatic heterocycles. The van der Waals surface area contributed by atoms with E-state index in [0.717, 1.165) is 24.2 Å². The third-order valence-corrected chi connectivity index (χ3v) is 4.14. The molecule has 18 heavy (non-hydrogen) atoms. The van der Waals surface area contributed by atoms with Crippen molar-refractivity contribution >= 4 is 17.7 Å². The van der Waals surface area contributed by atoms with Gasteiger partial charge >= 0.3 is 5.97 Å². The first-order valence-electron chi connectivity index (χ1n) is 5.71. The largest absolute Gasteiger partial charge is 0.476 e. The molecule has 0 amide bonds. The van der Waals surface area contributed by atoms with Crippen LogP contribution in [0, 0.1) is 0 Å². The average molecular weight is 261 g/mol. The highest BCUT2D eigenvalue weighted by molar-refractivity contribution is 7.99. The van der Waals surface area contributed by atoms with Gasteiger partial charge in [0.2, 0.25) is 0 Å². The van der Waals surface area contributed by atoms with Crippen LogP contribution in [0.2, 0.25) is 0 Å². The topological polar surface area (TPSA) is 63.3 Å². The van der Waals surface area contributed by atoms with E-state index in [1.807, 2.05) is 23.9 Å². The Bertz CT molecular complexity index is 606. The molecule has 0 spiro atoms. The number of thioether (sulfide) groups is 1. The normalized spacial score (nSPS) is 14.2. The van der Waals surface area contributed by atoms with Crippen LogP contribution in [0.4, 0.5) is 0 Å². The first kappa shape index (κ1) is 11.3. The molecule has 0 bridgehead atoms. The van der Waals surface area contributed by atoms with Gasteiger partial charge in [0.15, 0.2) is 11.5 Å². The molecule has 0 saturated heterocycles. The molecule has 2 heterocycles. The molecular formula is C13H11NO3S. The third-order valence-electron chi connectivity index (χ3n) is 2.96. The van der Waals surface area contributed by atoms with Crippen LogP contribution >= 0.6 is 11.8 Å². The van der Waals surface area contributed by atoms with Crippen LogP contribution in [0.5, 0.6) is 0 Å². The molecule has 5 heteroatoms. The lowest BCUT2D eigenvalue weighted by atomic mass is 10.0. The highest BCUT2D eigenvalue weighted by Crippen LogP contribution is 2.36. The number of hydrogen-bond acceptors (Lipinski definition) is 4. The van der Waals surface area contributed by atoms with E-state index in [2.05, 4.69) is 11.2 Å². The highest BCUT2D eigenvalue weighted by atomic mass is 32.2. The zero-order valence-electron chi connectivity index (χ0n) is 9.55. The molecule has 3 rings (SSSR count). The Morgan fingerprint density at radius 1 is 1.44 bits per heavy atom. The third kappa shape index (κ3) is 1.90. The summed E-state index contributed by atoms with van der Waals surface area (Å²) in [7, 11) is 0. The predicted molar refractivity (Wildman–Crippen MR) is 67.9 cm³/mol. The van der Waals surface area contributed by atoms with Crippen molar-refractivity contribution in [3.63, 3.8) is 0 Å². The number of carboxylic acids is 1. The Hall–Kier alpha value is -1.75. The highest BCUT2D eigenvalue weighted by Gasteiger charge is 2.18. The minimum absolute atomic E-state index is 0.0499. The minimum Gasteiger partial charge on any atom is -0.476 e. The number of aromatic nitrogens is 1. The molecule has 0 fully saturated rings. The lowest BCUT2D eigenvalue weighted by molar-refractivity contribution is 0.0686. The Morgan fingerprint density at radius 2 is 2.33 bits per heavy atom. The van der Waals surface area contributed by atoms with E-state index in [9.17, 15) is 4.79 Å². The van der Waals surface area contributed by atoms with E-state index in [-0.39, 0.29) is 5.69 Å². The van der Waals surface area contributed by atoms with Gasteiger partial charge in [0.1, 0.15) is 0 Å². The van der Waals surface area contributed by atoms with Crippen LogP contribution in [0.15, 0.2) is 33.7 Å². The van der Waals surface area contributed by atoms with Gasteiger partial charge in [0, 0.05) is 16.5 Å². The standard InChI is InChI=1S/C13H11NO3S/c15-13(16)10-7-11(17-14-10)8-3-1-5-12-9(8)4-2-6-18-12/h1,3,5,7H,2,4,6H2,(H,15,16). The average Bonchev–Trinajstić information content (AvgIpc) is 2.87. The fourth-order valence-electron chi connectivity index (χ4n) is 2.12. The van der Waals surface area contributed by atoms with Crippen molar-refractivity contribution in [2.24, 2.45) is 0 Å². The summed E-state index contributed by atoms with van der Waals surface area (Å²) in [5, 5.41) is 12.4. The van der Waals surface area contributed by atoms with Gasteiger partial charge in [0.25, 0.3) is 0 Å². The van der Waals surface area contributed by atoms with E-state index in [0.29, 0.717) is 5.76 Å². The smallest absolute Gasteiger partial charge is 0.358 e. The molecule has 0 saturated carbocycles. The van der Waals surface area contributed by atoms with Gasteiger partial charge in [-0.3, -0.25) is 0 Å². The predicted octanol–water partition coefficient (Wildman–Crippen LogP) is 3.08. The fourth-order valence-corrected chi connectivity index (χ4v) is 3.19. The molecule has 0 atom stereocenters. The number of carboxylic acid groups (broad SMARTS) is 1. The second kappa shape index (κ2) is 4.49. The summed E-state index contributed by atoms with van der Waals surface area (Å²) in [5.41, 5.74) is 2.15. The van der Waals surface area contributed by atoms with E-state index >= 15 is 0 Å². The van der Waals surface area contributed by atoms with Crippen LogP contribution in [0.1, 0.15) is 22.5 Å². The minimum atomic E-state index is -1.07. The summed E-state index contributed by atoms with van der Waals surface area (Å²) in [6, 6.07) is 7.50. The van der Waals surface area contributed by atoms with Crippen LogP contribution in [0.3, 0.4) is 0 Å². The van der Waals surface area contributed by atoms with E-state index < -0.39 is 5.97 Å². The summed E-state index contributed by atoms with van der Waals surface area (Å²) in [5.74, 6) is 0.601. The number of hydrogen-bond donors (Lipinski definition) is 1. The van der Waals surface area contributed by atoms with Crippen molar-refractivity contribution in [1.29, 1.82) is 0 Å². The van der Waals surface area contributed by atoms with Crippen molar-refractivity contribution in [3.8, 4) is 11.3 Å². The SMILES string of the molecule is O=C(O)c1cc(-c2cccc3c2CCCS3)on1. The van der Waals surface area contributed by atoms with Gasteiger partial charge in [-0.25, -0.2) is 4.79 Å². The van der Waals surface area contributed by atoms with Crippen molar-refractivity contribution in [2.45, 2.75) is 17.7 Å². The molecule has 4 nitrogen and oxygen atoms in total. The monoisotopic (exact) mass is 261 g/mol. The maximum atomic E-state index is 10.8. The molecular weight excluding hydrogens is 250 g/mol. The molecule has 0 unspecified atom stereocenters. The van der Waals surface area contributed by atoms with Crippen molar-refractivity contribution in [1.82, 2.24) is 5.16 Å². The summed E-state index contributed by atoms with van der Waals surface area (Å²) in [4.78, 5) is 12.1. The lowest BCUT2D eigenvalue weighted by Crippen LogP contribution is -2.00. The van der Waals surface area contributed by atoms with Gasteiger partial charge in [-0.05, 0) is 30.2 Å². The molecule has 2 aromatic rings. The summed E-state index contributed by atoms with van der Waals surface area (Å²) < 4.78 is 5.14. The molecule has 1 N–H and O–H groups in total. The zero-order valence-corrected chi connectivity index (χ0v) is 10.4. The quantitative estimate of drug-likeness (QED) is 0.900. The molecule has 0 radical (unpaired) electrons. The second-order valence-electron chi connectivity index (χ2n) is 4.12. The van der Waals surface area contributed by atoms with Gasteiger partial charge < -0.3 is 9.63 Å². The van der Waals surface area contributed by atoms with Crippen LogP contribution in [-0.2, 0) is 6.42 Å². The zero-order chi connectivity index (χ0) is 12.5. The van der Waals surface area contributed by atoms with Crippen LogP contribution in [-0.4, -0.2) is 22.0 Å².